The van der Waals surface area contributed by atoms with E-state index in [9.17, 15) is 0 Å². The molecule has 0 unspecified atom stereocenters. The van der Waals surface area contributed by atoms with Crippen LogP contribution in [-0.4, -0.2) is 14.6 Å². The normalized spacial score (nSPS) is 11.5. The number of halogens is 2. The average Bonchev–Trinajstić information content (AvgIpc) is 2.85. The van der Waals surface area contributed by atoms with E-state index in [0.717, 1.165) is 11.3 Å². The number of nitrogens with zero attached hydrogens (tertiary/aromatic N) is 3. The maximum Gasteiger partial charge on any atom is 0.158 e. The van der Waals surface area contributed by atoms with Gasteiger partial charge >= 0.3 is 0 Å². The highest BCUT2D eigenvalue weighted by Crippen LogP contribution is 2.34. The van der Waals surface area contributed by atoms with Crippen LogP contribution in [0.4, 0.5) is 0 Å². The van der Waals surface area contributed by atoms with E-state index in [4.69, 9.17) is 23.2 Å². The standard InChI is InChI=1S/C16H15Cl2N3/c1-9(2)12-8-13-19-15(17)14(16(18)21(13)20-12)11-6-4-10(3)5-7-11/h4-9H,1-3H3. The summed E-state index contributed by atoms with van der Waals surface area (Å²) in [7, 11) is 0. The molecule has 3 rings (SSSR count). The minimum Gasteiger partial charge on any atom is -0.216 e. The molecule has 3 nitrogen and oxygen atoms in total. The van der Waals surface area contributed by atoms with Crippen LogP contribution in [0.1, 0.15) is 31.0 Å². The lowest BCUT2D eigenvalue weighted by molar-refractivity contribution is 0.787. The van der Waals surface area contributed by atoms with Gasteiger partial charge in [0.1, 0.15) is 10.3 Å². The van der Waals surface area contributed by atoms with Crippen molar-refractivity contribution in [3.05, 3.63) is 51.9 Å². The Hall–Kier alpha value is -1.58. The van der Waals surface area contributed by atoms with Crippen molar-refractivity contribution in [1.82, 2.24) is 14.6 Å². The van der Waals surface area contributed by atoms with Gasteiger partial charge in [0.2, 0.25) is 0 Å². The van der Waals surface area contributed by atoms with Crippen LogP contribution in [0, 0.1) is 6.92 Å². The van der Waals surface area contributed by atoms with E-state index >= 15 is 0 Å². The van der Waals surface area contributed by atoms with Crippen LogP contribution >= 0.6 is 23.2 Å². The summed E-state index contributed by atoms with van der Waals surface area (Å²) in [6, 6.07) is 9.94. The Morgan fingerprint density at radius 1 is 1.10 bits per heavy atom. The van der Waals surface area contributed by atoms with Crippen molar-refractivity contribution < 1.29 is 0 Å². The van der Waals surface area contributed by atoms with Gasteiger partial charge in [-0.15, -0.1) is 0 Å². The minimum absolute atomic E-state index is 0.310. The Morgan fingerprint density at radius 2 is 1.76 bits per heavy atom. The molecule has 0 aliphatic rings. The zero-order valence-electron chi connectivity index (χ0n) is 12.1. The molecule has 2 heterocycles. The van der Waals surface area contributed by atoms with E-state index in [-0.39, 0.29) is 0 Å². The van der Waals surface area contributed by atoms with Crippen LogP contribution in [0.2, 0.25) is 10.3 Å². The summed E-state index contributed by atoms with van der Waals surface area (Å²) in [5.41, 5.74) is 4.45. The Morgan fingerprint density at radius 3 is 2.38 bits per heavy atom. The lowest BCUT2D eigenvalue weighted by Crippen LogP contribution is -1.98. The highest BCUT2D eigenvalue weighted by atomic mass is 35.5. The summed E-state index contributed by atoms with van der Waals surface area (Å²) in [5.74, 6) is 0.310. The number of hydrogen-bond donors (Lipinski definition) is 0. The molecule has 0 amide bonds. The van der Waals surface area contributed by atoms with Gasteiger partial charge in [-0.25, -0.2) is 9.50 Å². The maximum atomic E-state index is 6.52. The third-order valence-electron chi connectivity index (χ3n) is 3.45. The number of aromatic nitrogens is 3. The van der Waals surface area contributed by atoms with Crippen LogP contribution < -0.4 is 0 Å². The predicted molar refractivity (Wildman–Crippen MR) is 87.3 cm³/mol. The number of rotatable bonds is 2. The Balaban J connectivity index is 2.25. The zero-order chi connectivity index (χ0) is 15.1. The molecule has 0 atom stereocenters. The monoisotopic (exact) mass is 319 g/mol. The first-order chi connectivity index (χ1) is 9.97. The van der Waals surface area contributed by atoms with Gasteiger partial charge in [-0.05, 0) is 18.4 Å². The van der Waals surface area contributed by atoms with Crippen molar-refractivity contribution in [2.75, 3.05) is 0 Å². The maximum absolute atomic E-state index is 6.52. The van der Waals surface area contributed by atoms with Gasteiger partial charge in [-0.3, -0.25) is 0 Å². The Labute approximate surface area is 133 Å². The fourth-order valence-corrected chi connectivity index (χ4v) is 2.86. The molecule has 0 fully saturated rings. The molecule has 0 saturated carbocycles. The summed E-state index contributed by atoms with van der Waals surface area (Å²) < 4.78 is 1.65. The molecular weight excluding hydrogens is 305 g/mol. The summed E-state index contributed by atoms with van der Waals surface area (Å²) >= 11 is 12.9. The van der Waals surface area contributed by atoms with Crippen molar-refractivity contribution in [3.63, 3.8) is 0 Å². The van der Waals surface area contributed by atoms with E-state index in [1.165, 1.54) is 5.56 Å². The SMILES string of the molecule is Cc1ccc(-c2c(Cl)nc3cc(C(C)C)nn3c2Cl)cc1. The number of benzene rings is 1. The first-order valence-corrected chi connectivity index (χ1v) is 7.54. The number of fused-ring (bicyclic) bond motifs is 1. The van der Waals surface area contributed by atoms with Crippen LogP contribution in [0.25, 0.3) is 16.8 Å². The van der Waals surface area contributed by atoms with Crippen LogP contribution in [0.5, 0.6) is 0 Å². The molecule has 0 N–H and O–H groups in total. The van der Waals surface area contributed by atoms with E-state index in [1.807, 2.05) is 37.3 Å². The lowest BCUT2D eigenvalue weighted by Gasteiger charge is -2.08. The van der Waals surface area contributed by atoms with Gasteiger partial charge in [0.25, 0.3) is 0 Å². The van der Waals surface area contributed by atoms with Crippen molar-refractivity contribution >= 4 is 28.8 Å². The van der Waals surface area contributed by atoms with Crippen LogP contribution in [-0.2, 0) is 0 Å². The molecule has 2 aromatic heterocycles. The number of aryl methyl sites for hydroxylation is 1. The third kappa shape index (κ3) is 2.52. The number of hydrogen-bond acceptors (Lipinski definition) is 2. The van der Waals surface area contributed by atoms with Gasteiger partial charge in [0.05, 0.1) is 11.3 Å². The molecule has 0 radical (unpaired) electrons. The molecule has 21 heavy (non-hydrogen) atoms. The molecule has 5 heteroatoms. The lowest BCUT2D eigenvalue weighted by atomic mass is 10.1. The second-order valence-electron chi connectivity index (χ2n) is 5.43. The second-order valence-corrected chi connectivity index (χ2v) is 6.14. The minimum atomic E-state index is 0.310. The summed E-state index contributed by atoms with van der Waals surface area (Å²) in [6.07, 6.45) is 0. The molecular formula is C16H15Cl2N3. The molecule has 0 spiro atoms. The quantitative estimate of drug-likeness (QED) is 0.612. The average molecular weight is 320 g/mol. The fourth-order valence-electron chi connectivity index (χ4n) is 2.20. The van der Waals surface area contributed by atoms with Gasteiger partial charge in [0, 0.05) is 6.07 Å². The summed E-state index contributed by atoms with van der Waals surface area (Å²) in [4.78, 5) is 4.42. The van der Waals surface area contributed by atoms with Gasteiger partial charge < -0.3 is 0 Å². The molecule has 3 aromatic rings. The Bertz CT molecular complexity index is 804. The van der Waals surface area contributed by atoms with Crippen LogP contribution in [0.3, 0.4) is 0 Å². The zero-order valence-corrected chi connectivity index (χ0v) is 13.6. The van der Waals surface area contributed by atoms with Crippen molar-refractivity contribution in [3.8, 4) is 11.1 Å². The Kier molecular flexibility index (Phi) is 3.64. The third-order valence-corrected chi connectivity index (χ3v) is 4.08. The van der Waals surface area contributed by atoms with E-state index in [2.05, 4.69) is 23.9 Å². The molecule has 1 aromatic carbocycles. The van der Waals surface area contributed by atoms with E-state index < -0.39 is 0 Å². The summed E-state index contributed by atoms with van der Waals surface area (Å²) in [6.45, 7) is 6.20. The van der Waals surface area contributed by atoms with Crippen molar-refractivity contribution in [2.24, 2.45) is 0 Å². The first-order valence-electron chi connectivity index (χ1n) is 6.79. The van der Waals surface area contributed by atoms with Gasteiger partial charge in [-0.2, -0.15) is 5.10 Å². The molecule has 0 aliphatic carbocycles. The van der Waals surface area contributed by atoms with Crippen LogP contribution in [0.15, 0.2) is 30.3 Å². The first kappa shape index (κ1) is 14.4. The molecule has 108 valence electrons. The summed E-state index contributed by atoms with van der Waals surface area (Å²) in [5, 5.41) is 5.40. The fraction of sp³-hybridized carbons (Fsp3) is 0.250. The second kappa shape index (κ2) is 5.32. The largest absolute Gasteiger partial charge is 0.216 e. The van der Waals surface area contributed by atoms with Crippen molar-refractivity contribution in [2.45, 2.75) is 26.7 Å². The smallest absolute Gasteiger partial charge is 0.158 e. The highest BCUT2D eigenvalue weighted by molar-refractivity contribution is 6.38. The highest BCUT2D eigenvalue weighted by Gasteiger charge is 2.17. The van der Waals surface area contributed by atoms with Gasteiger partial charge in [0.15, 0.2) is 5.65 Å². The van der Waals surface area contributed by atoms with E-state index in [1.54, 1.807) is 4.52 Å². The topological polar surface area (TPSA) is 30.2 Å². The van der Waals surface area contributed by atoms with Crippen molar-refractivity contribution in [1.29, 1.82) is 0 Å². The molecule has 0 bridgehead atoms. The van der Waals surface area contributed by atoms with Gasteiger partial charge in [-0.1, -0.05) is 66.9 Å². The predicted octanol–water partition coefficient (Wildman–Crippen LogP) is 5.13. The van der Waals surface area contributed by atoms with E-state index in [0.29, 0.717) is 27.4 Å². The molecule has 0 saturated heterocycles. The molecule has 0 aliphatic heterocycles.